The minimum Gasteiger partial charge on any atom is -0.338 e. The molecule has 0 saturated heterocycles. The van der Waals surface area contributed by atoms with Crippen LogP contribution in [0.4, 0.5) is 11.4 Å². The highest BCUT2D eigenvalue weighted by molar-refractivity contribution is 5.86. The van der Waals surface area contributed by atoms with Crippen molar-refractivity contribution in [3.63, 3.8) is 0 Å². The first-order chi connectivity index (χ1) is 21.8. The van der Waals surface area contributed by atoms with E-state index in [1.54, 1.807) is 0 Å². The van der Waals surface area contributed by atoms with Gasteiger partial charge in [0.1, 0.15) is 0 Å². The summed E-state index contributed by atoms with van der Waals surface area (Å²) in [5.74, 6) is 0. The zero-order valence-electron chi connectivity index (χ0n) is 24.8. The van der Waals surface area contributed by atoms with Gasteiger partial charge in [-0.2, -0.15) is 0 Å². The number of anilines is 2. The highest BCUT2D eigenvalue weighted by atomic mass is 15.2. The number of hydrogen-bond acceptors (Lipinski definition) is 1. The molecule has 8 rings (SSSR count). The summed E-state index contributed by atoms with van der Waals surface area (Å²) in [6.07, 6.45) is 5.69. The molecule has 0 heterocycles. The monoisotopic (exact) mass is 565 g/mol. The van der Waals surface area contributed by atoms with Crippen LogP contribution in [0.1, 0.15) is 47.1 Å². The van der Waals surface area contributed by atoms with E-state index in [0.29, 0.717) is 6.04 Å². The van der Waals surface area contributed by atoms with Gasteiger partial charge in [-0.1, -0.05) is 146 Å². The largest absolute Gasteiger partial charge is 0.338 e. The lowest BCUT2D eigenvalue weighted by Gasteiger charge is -2.37. The van der Waals surface area contributed by atoms with Crippen molar-refractivity contribution >= 4 is 16.9 Å². The van der Waals surface area contributed by atoms with Crippen molar-refractivity contribution in [1.29, 1.82) is 0 Å². The summed E-state index contributed by atoms with van der Waals surface area (Å²) in [6.45, 7) is 0. The van der Waals surface area contributed by atoms with Gasteiger partial charge in [-0.3, -0.25) is 0 Å². The average molecular weight is 566 g/mol. The van der Waals surface area contributed by atoms with Crippen molar-refractivity contribution in [2.24, 2.45) is 0 Å². The van der Waals surface area contributed by atoms with Gasteiger partial charge in [0.05, 0.1) is 5.41 Å². The third kappa shape index (κ3) is 4.31. The minimum atomic E-state index is -0.372. The fourth-order valence-corrected chi connectivity index (χ4v) is 7.71. The SMILES string of the molecule is C1=C(c2ccccc2)CCC(N(c2ccccc2)c2ccc(C3(c4ccccc4)c4ccccc4-c4ccccc43)cc2)C1. The lowest BCUT2D eigenvalue weighted by atomic mass is 9.67. The van der Waals surface area contributed by atoms with Crippen molar-refractivity contribution in [3.8, 4) is 11.1 Å². The van der Waals surface area contributed by atoms with Gasteiger partial charge < -0.3 is 4.90 Å². The van der Waals surface area contributed by atoms with Gasteiger partial charge in [-0.25, -0.2) is 0 Å². The van der Waals surface area contributed by atoms with E-state index in [-0.39, 0.29) is 5.41 Å². The van der Waals surface area contributed by atoms with Gasteiger partial charge in [-0.05, 0) is 88.0 Å². The Morgan fingerprint density at radius 1 is 0.477 bits per heavy atom. The maximum absolute atomic E-state index is 2.56. The molecule has 0 saturated carbocycles. The lowest BCUT2D eigenvalue weighted by molar-refractivity contribution is 0.598. The van der Waals surface area contributed by atoms with E-state index in [0.717, 1.165) is 19.3 Å². The Morgan fingerprint density at radius 2 is 0.977 bits per heavy atom. The van der Waals surface area contributed by atoms with Crippen LogP contribution in [-0.2, 0) is 5.41 Å². The number of rotatable bonds is 6. The van der Waals surface area contributed by atoms with Gasteiger partial charge in [-0.15, -0.1) is 0 Å². The van der Waals surface area contributed by atoms with Crippen LogP contribution >= 0.6 is 0 Å². The molecule has 2 aliphatic carbocycles. The normalized spacial score (nSPS) is 16.5. The van der Waals surface area contributed by atoms with Crippen LogP contribution in [0, 0.1) is 0 Å². The Hall–Kier alpha value is -5.14. The standard InChI is InChI=1S/C43H35N/c1-4-14-32(15-5-1)33-24-28-37(29-25-33)44(36-18-8-3-9-19-36)38-30-26-35(27-31-38)43(34-16-6-2-7-17-34)41-22-12-10-20-39(41)40-21-11-13-23-42(40)43/h1-24,26-27,30-31,37H,25,28-29H2. The van der Waals surface area contributed by atoms with Crippen LogP contribution in [0.2, 0.25) is 0 Å². The summed E-state index contributed by atoms with van der Waals surface area (Å²) in [4.78, 5) is 2.56. The van der Waals surface area contributed by atoms with Gasteiger partial charge in [0.25, 0.3) is 0 Å². The van der Waals surface area contributed by atoms with E-state index in [9.17, 15) is 0 Å². The van der Waals surface area contributed by atoms with Gasteiger partial charge in [0, 0.05) is 17.4 Å². The molecule has 1 unspecified atom stereocenters. The fraction of sp³-hybridized carbons (Fsp3) is 0.116. The maximum Gasteiger partial charge on any atom is 0.0713 e. The smallest absolute Gasteiger partial charge is 0.0713 e. The van der Waals surface area contributed by atoms with Crippen molar-refractivity contribution in [2.75, 3.05) is 4.90 Å². The minimum absolute atomic E-state index is 0.372. The first-order valence-corrected chi connectivity index (χ1v) is 15.8. The summed E-state index contributed by atoms with van der Waals surface area (Å²) in [7, 11) is 0. The fourth-order valence-electron chi connectivity index (χ4n) is 7.71. The summed E-state index contributed by atoms with van der Waals surface area (Å²) in [5.41, 5.74) is 12.9. The first kappa shape index (κ1) is 26.5. The van der Waals surface area contributed by atoms with Crippen LogP contribution < -0.4 is 4.90 Å². The topological polar surface area (TPSA) is 3.24 Å². The van der Waals surface area contributed by atoms with Crippen molar-refractivity contribution in [3.05, 3.63) is 198 Å². The molecule has 0 N–H and O–H groups in total. The predicted octanol–water partition coefficient (Wildman–Crippen LogP) is 10.8. The molecule has 2 aliphatic rings. The second-order valence-electron chi connectivity index (χ2n) is 12.0. The van der Waals surface area contributed by atoms with Crippen LogP contribution in [0.15, 0.2) is 170 Å². The van der Waals surface area contributed by atoms with E-state index in [4.69, 9.17) is 0 Å². The van der Waals surface area contributed by atoms with Gasteiger partial charge in [0.2, 0.25) is 0 Å². The number of nitrogens with zero attached hydrogens (tertiary/aromatic N) is 1. The van der Waals surface area contributed by atoms with Crippen LogP contribution in [-0.4, -0.2) is 6.04 Å². The molecule has 0 bridgehead atoms. The third-order valence-corrected chi connectivity index (χ3v) is 9.66. The molecule has 6 aromatic carbocycles. The maximum atomic E-state index is 2.56. The summed E-state index contributed by atoms with van der Waals surface area (Å²) in [6, 6.07) is 60.6. The lowest BCUT2D eigenvalue weighted by Crippen LogP contribution is -2.32. The second kappa shape index (κ2) is 11.2. The first-order valence-electron chi connectivity index (χ1n) is 15.8. The molecule has 0 aliphatic heterocycles. The molecular formula is C43H35N. The molecule has 212 valence electrons. The Balaban J connectivity index is 1.23. The average Bonchev–Trinajstić information content (AvgIpc) is 3.41. The zero-order valence-corrected chi connectivity index (χ0v) is 24.8. The zero-order chi connectivity index (χ0) is 29.3. The van der Waals surface area contributed by atoms with Crippen LogP contribution in [0.25, 0.3) is 16.7 Å². The van der Waals surface area contributed by atoms with Crippen LogP contribution in [0.5, 0.6) is 0 Å². The van der Waals surface area contributed by atoms with Gasteiger partial charge in [0.15, 0.2) is 0 Å². The molecule has 0 spiro atoms. The number of allylic oxidation sites excluding steroid dienone is 1. The third-order valence-electron chi connectivity index (χ3n) is 9.66. The van der Waals surface area contributed by atoms with Crippen molar-refractivity contribution in [2.45, 2.75) is 30.7 Å². The molecule has 0 fully saturated rings. The number of benzene rings is 6. The van der Waals surface area contributed by atoms with Gasteiger partial charge >= 0.3 is 0 Å². The van der Waals surface area contributed by atoms with E-state index in [1.165, 1.54) is 55.9 Å². The summed E-state index contributed by atoms with van der Waals surface area (Å²) >= 11 is 0. The molecule has 6 aromatic rings. The summed E-state index contributed by atoms with van der Waals surface area (Å²) in [5, 5.41) is 0. The van der Waals surface area contributed by atoms with Crippen LogP contribution in [0.3, 0.4) is 0 Å². The van der Waals surface area contributed by atoms with E-state index in [2.05, 4.69) is 175 Å². The molecule has 0 amide bonds. The Bertz CT molecular complexity index is 1880. The van der Waals surface area contributed by atoms with Crippen molar-refractivity contribution < 1.29 is 0 Å². The quantitative estimate of drug-likeness (QED) is 0.194. The summed E-state index contributed by atoms with van der Waals surface area (Å²) < 4.78 is 0. The molecule has 44 heavy (non-hydrogen) atoms. The Kier molecular flexibility index (Phi) is 6.72. The number of hydrogen-bond donors (Lipinski definition) is 0. The number of fused-ring (bicyclic) bond motifs is 3. The molecular weight excluding hydrogens is 530 g/mol. The molecule has 0 radical (unpaired) electrons. The molecule has 0 aromatic heterocycles. The molecule has 1 nitrogen and oxygen atoms in total. The van der Waals surface area contributed by atoms with Crippen molar-refractivity contribution in [1.82, 2.24) is 0 Å². The Morgan fingerprint density at radius 3 is 1.57 bits per heavy atom. The molecule has 1 heteroatoms. The predicted molar refractivity (Wildman–Crippen MR) is 184 cm³/mol. The van der Waals surface area contributed by atoms with E-state index in [1.807, 2.05) is 0 Å². The Labute approximate surface area is 260 Å². The van der Waals surface area contributed by atoms with E-state index < -0.39 is 0 Å². The highest BCUT2D eigenvalue weighted by Crippen LogP contribution is 2.56. The molecule has 1 atom stereocenters. The number of para-hydroxylation sites is 1. The van der Waals surface area contributed by atoms with E-state index >= 15 is 0 Å². The second-order valence-corrected chi connectivity index (χ2v) is 12.0. The highest BCUT2D eigenvalue weighted by Gasteiger charge is 2.45.